The van der Waals surface area contributed by atoms with Gasteiger partial charge in [-0.05, 0) is 30.0 Å². The fourth-order valence-electron chi connectivity index (χ4n) is 3.61. The molecule has 0 bridgehead atoms. The van der Waals surface area contributed by atoms with Gasteiger partial charge in [0.15, 0.2) is 0 Å². The summed E-state index contributed by atoms with van der Waals surface area (Å²) in [6.07, 6.45) is 3.63. The van der Waals surface area contributed by atoms with E-state index in [-0.39, 0.29) is 17.9 Å². The molecule has 0 N–H and O–H groups in total. The average Bonchev–Trinajstić information content (AvgIpc) is 2.98. The monoisotopic (exact) mass is 436 g/mol. The van der Waals surface area contributed by atoms with Gasteiger partial charge in [0.2, 0.25) is 0 Å². The molecule has 5 heteroatoms. The van der Waals surface area contributed by atoms with Crippen LogP contribution in [0, 0.1) is 0 Å². The summed E-state index contributed by atoms with van der Waals surface area (Å²) in [5.41, 5.74) is 6.39. The van der Waals surface area contributed by atoms with Gasteiger partial charge in [-0.2, -0.15) is 0 Å². The molecule has 27 heavy (non-hydrogen) atoms. The minimum absolute atomic E-state index is 0.00103. The zero-order valence-corrected chi connectivity index (χ0v) is 18.9. The second kappa shape index (κ2) is 11.1. The fraction of sp³-hybridized carbons (Fsp3) is 0.318. The van der Waals surface area contributed by atoms with Crippen LogP contribution in [-0.2, 0) is 21.8 Å². The Morgan fingerprint density at radius 2 is 1.70 bits per heavy atom. The molecule has 0 radical (unpaired) electrons. The number of nitrogens with zero attached hydrogens (tertiary/aromatic N) is 1. The van der Waals surface area contributed by atoms with Gasteiger partial charge < -0.3 is 10.1 Å². The van der Waals surface area contributed by atoms with Crippen LogP contribution in [0.2, 0.25) is 0 Å². The van der Waals surface area contributed by atoms with Crippen LogP contribution in [0.5, 0.6) is 0 Å². The van der Waals surface area contributed by atoms with E-state index < -0.39 is 17.0 Å². The van der Waals surface area contributed by atoms with E-state index in [1.54, 1.807) is 0 Å². The molecule has 0 spiro atoms. The molecule has 1 aliphatic carbocycles. The summed E-state index contributed by atoms with van der Waals surface area (Å²) >= 11 is -0.556. The van der Waals surface area contributed by atoms with Gasteiger partial charge in [0.05, 0.1) is 5.91 Å². The topological polar surface area (TPSA) is 31.2 Å². The fourth-order valence-corrected chi connectivity index (χ4v) is 3.61. The van der Waals surface area contributed by atoms with Crippen LogP contribution in [0.1, 0.15) is 67.8 Å². The molecule has 3 rings (SSSR count). The number of benzene rings is 2. The number of hydrogen-bond donors (Lipinski definition) is 0. The molecule has 2 aromatic carbocycles. The second-order valence-corrected chi connectivity index (χ2v) is 9.18. The molecule has 2 atom stereocenters. The molecule has 2 aromatic rings. The molecule has 2 unspecified atom stereocenters. The van der Waals surface area contributed by atoms with E-state index in [0.717, 1.165) is 12.0 Å². The number of allylic oxidation sites excluding steroid dienone is 1. The number of halogens is 2. The Morgan fingerprint density at radius 3 is 2.37 bits per heavy atom. The molecule has 1 aliphatic rings. The van der Waals surface area contributed by atoms with Gasteiger partial charge in [-0.1, -0.05) is 92.1 Å². The number of fused-ring (bicyclic) bond motifs is 1. The number of hydrogen-bond acceptors (Lipinski definition) is 1. The van der Waals surface area contributed by atoms with E-state index in [4.69, 9.17) is 18.6 Å². The Hall–Kier alpha value is -1.06. The van der Waals surface area contributed by atoms with Gasteiger partial charge in [0.25, 0.3) is 0 Å². The Bertz CT molecular complexity index is 806. The Labute approximate surface area is 179 Å². The van der Waals surface area contributed by atoms with Crippen LogP contribution >= 0.6 is 18.6 Å². The van der Waals surface area contributed by atoms with E-state index in [2.05, 4.69) is 60.8 Å². The summed E-state index contributed by atoms with van der Waals surface area (Å²) in [6.45, 7) is 6.22. The van der Waals surface area contributed by atoms with Gasteiger partial charge in [-0.15, -0.1) is 0 Å². The van der Waals surface area contributed by atoms with E-state index >= 15 is 0 Å². The van der Waals surface area contributed by atoms with Gasteiger partial charge in [0.1, 0.15) is 0 Å². The summed E-state index contributed by atoms with van der Waals surface area (Å²) in [5, 5.41) is 4.39. The predicted molar refractivity (Wildman–Crippen MR) is 112 cm³/mol. The van der Waals surface area contributed by atoms with Crippen LogP contribution in [0.25, 0.3) is 11.4 Å². The van der Waals surface area contributed by atoms with Gasteiger partial charge in [-0.3, -0.25) is 0 Å². The van der Waals surface area contributed by atoms with Crippen LogP contribution in [0.4, 0.5) is 0 Å². The number of amides is 1. The van der Waals surface area contributed by atoms with Crippen LogP contribution in [-0.4, -0.2) is 5.91 Å². The minimum atomic E-state index is -0.556. The number of carbonyl (C=O) groups excluding carboxylic acids is 1. The molecule has 2 nitrogen and oxygen atoms in total. The molecule has 142 valence electrons. The van der Waals surface area contributed by atoms with Crippen molar-refractivity contribution in [2.75, 3.05) is 0 Å². The number of rotatable bonds is 5. The third-order valence-electron chi connectivity index (χ3n) is 4.70. The molecular weight excluding hydrogens is 413 g/mol. The van der Waals surface area contributed by atoms with E-state index in [0.29, 0.717) is 6.42 Å². The third kappa shape index (κ3) is 5.71. The van der Waals surface area contributed by atoms with Crippen molar-refractivity contribution in [1.82, 2.24) is 0 Å². The predicted octanol–water partition coefficient (Wildman–Crippen LogP) is 7.37. The van der Waals surface area contributed by atoms with Crippen molar-refractivity contribution < 1.29 is 21.8 Å². The molecule has 1 amide bonds. The first-order chi connectivity index (χ1) is 13.0. The van der Waals surface area contributed by atoms with E-state index in [1.165, 1.54) is 22.3 Å². The van der Waals surface area contributed by atoms with Crippen molar-refractivity contribution in [3.05, 3.63) is 81.7 Å². The standard InChI is InChI=1S/C22H25NO.2ClH.Ti/c1-4-9-21(24)23-16(3)18-11-7-8-13-20(18)22-15(2)14-17-10-5-6-12-19(17)22;;;/h5-8,10-14,16,22H,4,9H2,1-3H3,(H,23,24);2*1H;/q;;;+2/p-3. The van der Waals surface area contributed by atoms with E-state index in [1.807, 2.05) is 19.9 Å². The summed E-state index contributed by atoms with van der Waals surface area (Å²) in [6, 6.07) is 16.8. The number of carbonyl (C=O) groups is 1. The van der Waals surface area contributed by atoms with Crippen molar-refractivity contribution in [2.24, 2.45) is 0 Å². The second-order valence-electron chi connectivity index (χ2n) is 6.60. The summed E-state index contributed by atoms with van der Waals surface area (Å²) in [5.74, 6) is 0.259. The quantitative estimate of drug-likeness (QED) is 0.450. The maximum absolute atomic E-state index is 11.9. The SMILES string of the molecule is CCCC(=O)[N-]C(C)c1ccccc1C1C(C)=Cc2ccccc21.[Cl][Ti][Cl]. The molecule has 0 saturated heterocycles. The molecule has 0 fully saturated rings. The summed E-state index contributed by atoms with van der Waals surface area (Å²) in [4.78, 5) is 11.9. The first kappa shape index (κ1) is 22.2. The van der Waals surface area contributed by atoms with Crippen LogP contribution < -0.4 is 0 Å². The van der Waals surface area contributed by atoms with Gasteiger partial charge in [0, 0.05) is 5.92 Å². The van der Waals surface area contributed by atoms with Crippen molar-refractivity contribution in [3.63, 3.8) is 0 Å². The first-order valence-corrected chi connectivity index (χ1v) is 13.4. The van der Waals surface area contributed by atoms with Crippen molar-refractivity contribution in [3.8, 4) is 0 Å². The van der Waals surface area contributed by atoms with Crippen molar-refractivity contribution in [1.29, 1.82) is 0 Å². The third-order valence-corrected chi connectivity index (χ3v) is 4.70. The Balaban J connectivity index is 0.000000817. The zero-order chi connectivity index (χ0) is 19.8. The van der Waals surface area contributed by atoms with Crippen molar-refractivity contribution in [2.45, 2.75) is 45.6 Å². The zero-order valence-electron chi connectivity index (χ0n) is 15.9. The van der Waals surface area contributed by atoms with Crippen LogP contribution in [0.3, 0.4) is 0 Å². The van der Waals surface area contributed by atoms with E-state index in [9.17, 15) is 4.79 Å². The summed E-state index contributed by atoms with van der Waals surface area (Å²) < 4.78 is 0. The maximum atomic E-state index is 11.9. The normalized spacial score (nSPS) is 15.7. The van der Waals surface area contributed by atoms with Crippen LogP contribution in [0.15, 0.2) is 54.1 Å². The molecule has 0 aromatic heterocycles. The molecule has 0 heterocycles. The molecule has 0 aliphatic heterocycles. The Kier molecular flexibility index (Phi) is 9.12. The molecule has 0 saturated carbocycles. The van der Waals surface area contributed by atoms with Gasteiger partial charge >= 0.3 is 35.6 Å². The van der Waals surface area contributed by atoms with Crippen molar-refractivity contribution >= 4 is 30.6 Å². The van der Waals surface area contributed by atoms with Gasteiger partial charge in [-0.25, -0.2) is 0 Å². The molecular formula is C22H24Cl2NOTi-. The average molecular weight is 437 g/mol. The first-order valence-electron chi connectivity index (χ1n) is 9.09. The summed E-state index contributed by atoms with van der Waals surface area (Å²) in [7, 11) is 9.78. The Morgan fingerprint density at radius 1 is 1.11 bits per heavy atom.